The average Bonchev–Trinajstić information content (AvgIpc) is 2.20. The van der Waals surface area contributed by atoms with E-state index in [-0.39, 0.29) is 6.42 Å². The summed E-state index contributed by atoms with van der Waals surface area (Å²) in [6.45, 7) is 0. The molecule has 1 unspecified atom stereocenters. The maximum absolute atomic E-state index is 10.5. The van der Waals surface area contributed by atoms with E-state index in [1.807, 2.05) is 0 Å². The molecule has 4 nitrogen and oxygen atoms in total. The Balaban J connectivity index is 2.97. The Bertz CT molecular complexity index is 364. The van der Waals surface area contributed by atoms with Gasteiger partial charge in [-0.05, 0) is 12.1 Å². The third-order valence-electron chi connectivity index (χ3n) is 1.98. The minimum Gasteiger partial charge on any atom is -0.496 e. The van der Waals surface area contributed by atoms with E-state index in [1.54, 1.807) is 18.2 Å². The van der Waals surface area contributed by atoms with Crippen LogP contribution in [-0.2, 0) is 11.2 Å². The molecular formula is C10H11ClO4. The average molecular weight is 231 g/mol. The van der Waals surface area contributed by atoms with Crippen molar-refractivity contribution in [1.29, 1.82) is 0 Å². The maximum Gasteiger partial charge on any atom is 0.332 e. The molecule has 0 fully saturated rings. The van der Waals surface area contributed by atoms with Gasteiger partial charge in [0, 0.05) is 17.0 Å². The van der Waals surface area contributed by atoms with Gasteiger partial charge in [0.2, 0.25) is 0 Å². The summed E-state index contributed by atoms with van der Waals surface area (Å²) in [5.74, 6) is -0.806. The second-order valence-electron chi connectivity index (χ2n) is 2.98. The zero-order chi connectivity index (χ0) is 11.4. The number of carboxylic acid groups (broad SMARTS) is 1. The number of halogens is 1. The highest BCUT2D eigenvalue weighted by atomic mass is 35.5. The Labute approximate surface area is 92.1 Å². The summed E-state index contributed by atoms with van der Waals surface area (Å²) >= 11 is 5.87. The van der Waals surface area contributed by atoms with Gasteiger partial charge in [-0.3, -0.25) is 0 Å². The van der Waals surface area contributed by atoms with Crippen LogP contribution in [0.15, 0.2) is 18.2 Å². The van der Waals surface area contributed by atoms with E-state index in [9.17, 15) is 9.90 Å². The molecule has 15 heavy (non-hydrogen) atoms. The van der Waals surface area contributed by atoms with E-state index in [1.165, 1.54) is 7.11 Å². The molecule has 0 aromatic heterocycles. The summed E-state index contributed by atoms with van der Waals surface area (Å²) in [6.07, 6.45) is -1.54. The van der Waals surface area contributed by atoms with Crippen molar-refractivity contribution in [2.75, 3.05) is 7.11 Å². The van der Waals surface area contributed by atoms with Gasteiger partial charge in [0.15, 0.2) is 6.10 Å². The van der Waals surface area contributed by atoms with Crippen molar-refractivity contribution in [2.24, 2.45) is 0 Å². The van der Waals surface area contributed by atoms with E-state index < -0.39 is 12.1 Å². The Morgan fingerprint density at radius 1 is 1.60 bits per heavy atom. The fourth-order valence-electron chi connectivity index (χ4n) is 1.21. The summed E-state index contributed by atoms with van der Waals surface area (Å²) in [4.78, 5) is 10.5. The van der Waals surface area contributed by atoms with E-state index >= 15 is 0 Å². The smallest absolute Gasteiger partial charge is 0.332 e. The number of benzene rings is 1. The van der Waals surface area contributed by atoms with Gasteiger partial charge in [0.25, 0.3) is 0 Å². The van der Waals surface area contributed by atoms with Crippen molar-refractivity contribution < 1.29 is 19.7 Å². The first-order valence-electron chi connectivity index (χ1n) is 4.28. The number of hydrogen-bond donors (Lipinski definition) is 2. The third-order valence-corrected chi connectivity index (χ3v) is 2.33. The molecule has 0 saturated carbocycles. The quantitative estimate of drug-likeness (QED) is 0.819. The van der Waals surface area contributed by atoms with E-state index in [0.717, 1.165) is 0 Å². The Morgan fingerprint density at radius 3 is 2.80 bits per heavy atom. The number of carbonyl (C=O) groups is 1. The highest BCUT2D eigenvalue weighted by Gasteiger charge is 2.18. The first-order valence-corrected chi connectivity index (χ1v) is 4.66. The van der Waals surface area contributed by atoms with Crippen LogP contribution in [0.25, 0.3) is 0 Å². The van der Waals surface area contributed by atoms with Crippen LogP contribution in [-0.4, -0.2) is 29.4 Å². The van der Waals surface area contributed by atoms with E-state index in [2.05, 4.69) is 0 Å². The normalized spacial score (nSPS) is 12.2. The molecule has 0 amide bonds. The number of methoxy groups -OCH3 is 1. The molecule has 1 atom stereocenters. The van der Waals surface area contributed by atoms with E-state index in [0.29, 0.717) is 16.3 Å². The molecular weight excluding hydrogens is 220 g/mol. The van der Waals surface area contributed by atoms with Crippen LogP contribution < -0.4 is 4.74 Å². The summed E-state index contributed by atoms with van der Waals surface area (Å²) in [5.41, 5.74) is 0.497. The van der Waals surface area contributed by atoms with Crippen molar-refractivity contribution in [2.45, 2.75) is 12.5 Å². The van der Waals surface area contributed by atoms with Crippen molar-refractivity contribution >= 4 is 17.6 Å². The molecule has 82 valence electrons. The summed E-state index contributed by atoms with van der Waals surface area (Å²) in [6, 6.07) is 4.97. The third kappa shape index (κ3) is 2.84. The van der Waals surface area contributed by atoms with Crippen molar-refractivity contribution in [3.05, 3.63) is 28.8 Å². The van der Waals surface area contributed by atoms with Gasteiger partial charge in [0.05, 0.1) is 7.11 Å². The molecule has 1 aromatic carbocycles. The molecule has 5 heteroatoms. The fraction of sp³-hybridized carbons (Fsp3) is 0.300. The number of aliphatic hydroxyl groups excluding tert-OH is 1. The zero-order valence-electron chi connectivity index (χ0n) is 8.11. The van der Waals surface area contributed by atoms with Crippen LogP contribution in [0.2, 0.25) is 5.02 Å². The number of ether oxygens (including phenoxy) is 1. The maximum atomic E-state index is 10.5. The van der Waals surface area contributed by atoms with Crippen molar-refractivity contribution in [3.8, 4) is 5.75 Å². The van der Waals surface area contributed by atoms with E-state index in [4.69, 9.17) is 21.4 Å². The van der Waals surface area contributed by atoms with Crippen LogP contribution in [0.4, 0.5) is 0 Å². The molecule has 0 aliphatic rings. The van der Waals surface area contributed by atoms with Gasteiger partial charge in [-0.25, -0.2) is 4.79 Å². The lowest BCUT2D eigenvalue weighted by atomic mass is 10.1. The Kier molecular flexibility index (Phi) is 3.94. The van der Waals surface area contributed by atoms with Crippen LogP contribution in [0.1, 0.15) is 5.56 Å². The SMILES string of the molecule is COc1cccc(Cl)c1CC(O)C(=O)O. The molecule has 1 rings (SSSR count). The second kappa shape index (κ2) is 5.00. The minimum atomic E-state index is -1.47. The largest absolute Gasteiger partial charge is 0.496 e. The molecule has 1 aromatic rings. The van der Waals surface area contributed by atoms with Crippen molar-refractivity contribution in [3.63, 3.8) is 0 Å². The number of rotatable bonds is 4. The van der Waals surface area contributed by atoms with Gasteiger partial charge in [-0.2, -0.15) is 0 Å². The second-order valence-corrected chi connectivity index (χ2v) is 3.39. The standard InChI is InChI=1S/C10H11ClO4/c1-15-9-4-2-3-7(11)6(9)5-8(12)10(13)14/h2-4,8,12H,5H2,1H3,(H,13,14). The molecule has 0 bridgehead atoms. The highest BCUT2D eigenvalue weighted by molar-refractivity contribution is 6.31. The fourth-order valence-corrected chi connectivity index (χ4v) is 1.45. The Morgan fingerprint density at radius 2 is 2.27 bits per heavy atom. The monoisotopic (exact) mass is 230 g/mol. The number of aliphatic carboxylic acids is 1. The molecule has 2 N–H and O–H groups in total. The van der Waals surface area contributed by atoms with Crippen LogP contribution >= 0.6 is 11.6 Å². The minimum absolute atomic E-state index is 0.0713. The predicted molar refractivity (Wildman–Crippen MR) is 55.4 cm³/mol. The lowest BCUT2D eigenvalue weighted by Crippen LogP contribution is -2.22. The summed E-state index contributed by atoms with van der Waals surface area (Å²) in [5, 5.41) is 18.2. The van der Waals surface area contributed by atoms with Crippen LogP contribution in [0.3, 0.4) is 0 Å². The lowest BCUT2D eigenvalue weighted by molar-refractivity contribution is -0.146. The molecule has 0 heterocycles. The first kappa shape index (κ1) is 11.8. The first-order chi connectivity index (χ1) is 7.06. The summed E-state index contributed by atoms with van der Waals surface area (Å²) in [7, 11) is 1.46. The van der Waals surface area contributed by atoms with Gasteiger partial charge in [0.1, 0.15) is 5.75 Å². The molecule has 0 spiro atoms. The topological polar surface area (TPSA) is 66.8 Å². The molecule has 0 aliphatic heterocycles. The summed E-state index contributed by atoms with van der Waals surface area (Å²) < 4.78 is 5.02. The number of hydrogen-bond acceptors (Lipinski definition) is 3. The zero-order valence-corrected chi connectivity index (χ0v) is 8.86. The van der Waals surface area contributed by atoms with Crippen LogP contribution in [0.5, 0.6) is 5.75 Å². The molecule has 0 aliphatic carbocycles. The van der Waals surface area contributed by atoms with Crippen molar-refractivity contribution in [1.82, 2.24) is 0 Å². The highest BCUT2D eigenvalue weighted by Crippen LogP contribution is 2.27. The number of carboxylic acids is 1. The van der Waals surface area contributed by atoms with Gasteiger partial charge < -0.3 is 14.9 Å². The van der Waals surface area contributed by atoms with Gasteiger partial charge >= 0.3 is 5.97 Å². The Hall–Kier alpha value is -1.26. The number of aliphatic hydroxyl groups is 1. The molecule has 0 saturated heterocycles. The predicted octanol–water partition coefficient (Wildman–Crippen LogP) is 1.34. The van der Waals surface area contributed by atoms with Gasteiger partial charge in [-0.15, -0.1) is 0 Å². The molecule has 0 radical (unpaired) electrons. The van der Waals surface area contributed by atoms with Gasteiger partial charge in [-0.1, -0.05) is 17.7 Å². The lowest BCUT2D eigenvalue weighted by Gasteiger charge is -2.11. The van der Waals surface area contributed by atoms with Crippen LogP contribution in [0, 0.1) is 0 Å².